The van der Waals surface area contributed by atoms with E-state index in [1.54, 1.807) is 43.3 Å². The Labute approximate surface area is 202 Å². The highest BCUT2D eigenvalue weighted by Gasteiger charge is 2.28. The molecule has 0 saturated carbocycles. The van der Waals surface area contributed by atoms with Crippen molar-refractivity contribution in [2.45, 2.75) is 45.7 Å². The summed E-state index contributed by atoms with van der Waals surface area (Å²) in [5, 5.41) is 2.64. The highest BCUT2D eigenvalue weighted by Crippen LogP contribution is 2.22. The Hall–Kier alpha value is -3.07. The van der Waals surface area contributed by atoms with Crippen LogP contribution in [0.25, 0.3) is 0 Å². The van der Waals surface area contributed by atoms with Gasteiger partial charge in [-0.2, -0.15) is 0 Å². The van der Waals surface area contributed by atoms with Gasteiger partial charge in [-0.05, 0) is 49.6 Å². The third-order valence-corrected chi connectivity index (χ3v) is 6.81. The molecule has 2 aromatic carbocycles. The van der Waals surface area contributed by atoms with Crippen molar-refractivity contribution in [3.05, 3.63) is 59.7 Å². The lowest BCUT2D eigenvalue weighted by Gasteiger charge is -2.31. The fraction of sp³-hybridized carbons (Fsp3) is 0.440. The van der Waals surface area contributed by atoms with Gasteiger partial charge in [-0.15, -0.1) is 0 Å². The molecule has 0 bridgehead atoms. The van der Waals surface area contributed by atoms with E-state index in [4.69, 9.17) is 4.74 Å². The molecule has 2 rings (SSSR count). The van der Waals surface area contributed by atoms with Crippen LogP contribution in [-0.2, 0) is 26.2 Å². The van der Waals surface area contributed by atoms with Gasteiger partial charge in [0.25, 0.3) is 0 Å². The topological polar surface area (TPSA) is 96.0 Å². The summed E-state index contributed by atoms with van der Waals surface area (Å²) in [7, 11) is -0.448. The van der Waals surface area contributed by atoms with Crippen molar-refractivity contribution in [1.82, 2.24) is 10.2 Å². The Bertz CT molecular complexity index is 1050. The van der Waals surface area contributed by atoms with E-state index in [-0.39, 0.29) is 24.8 Å². The standard InChI is InChI=1S/C25H35N3O5S/c1-6-23(25(30)26-3)27(18-20-11-9-19(2)10-12-20)24(29)8-7-17-28(34(5,31)32)21-13-15-22(33-4)16-14-21/h9-16,23H,6-8,17-18H2,1-5H3,(H,26,30)/t23-/m1/s1. The third-order valence-electron chi connectivity index (χ3n) is 5.62. The van der Waals surface area contributed by atoms with Crippen molar-refractivity contribution in [3.8, 4) is 5.75 Å². The molecule has 8 nitrogen and oxygen atoms in total. The lowest BCUT2D eigenvalue weighted by Crippen LogP contribution is -2.48. The van der Waals surface area contributed by atoms with E-state index in [2.05, 4.69) is 5.32 Å². The Morgan fingerprint density at radius 3 is 2.18 bits per heavy atom. The molecule has 1 N–H and O–H groups in total. The highest BCUT2D eigenvalue weighted by molar-refractivity contribution is 7.92. The number of carbonyl (C=O) groups is 2. The minimum Gasteiger partial charge on any atom is -0.497 e. The molecule has 0 radical (unpaired) electrons. The number of nitrogens with one attached hydrogen (secondary N) is 1. The van der Waals surface area contributed by atoms with E-state index in [1.807, 2.05) is 38.1 Å². The second kappa shape index (κ2) is 12.4. The fourth-order valence-electron chi connectivity index (χ4n) is 3.73. The average molecular weight is 490 g/mol. The molecule has 2 amide bonds. The number of rotatable bonds is 12. The van der Waals surface area contributed by atoms with Crippen molar-refractivity contribution in [2.24, 2.45) is 0 Å². The fourth-order valence-corrected chi connectivity index (χ4v) is 4.69. The number of hydrogen-bond acceptors (Lipinski definition) is 5. The van der Waals surface area contributed by atoms with Crippen molar-refractivity contribution in [3.63, 3.8) is 0 Å². The van der Waals surface area contributed by atoms with E-state index in [0.717, 1.165) is 17.4 Å². The lowest BCUT2D eigenvalue weighted by molar-refractivity contribution is -0.141. The molecule has 0 fully saturated rings. The molecule has 186 valence electrons. The number of benzene rings is 2. The number of aryl methyl sites for hydroxylation is 1. The SMILES string of the molecule is CC[C@H](C(=O)NC)N(Cc1ccc(C)cc1)C(=O)CCCN(c1ccc(OC)cc1)S(C)(=O)=O. The number of likely N-dealkylation sites (N-methyl/N-ethyl adjacent to an activating group) is 1. The number of carbonyl (C=O) groups excluding carboxylic acids is 2. The molecule has 0 saturated heterocycles. The van der Waals surface area contributed by atoms with E-state index in [9.17, 15) is 18.0 Å². The van der Waals surface area contributed by atoms with Gasteiger partial charge >= 0.3 is 0 Å². The zero-order valence-electron chi connectivity index (χ0n) is 20.6. The van der Waals surface area contributed by atoms with Crippen molar-refractivity contribution in [1.29, 1.82) is 0 Å². The summed E-state index contributed by atoms with van der Waals surface area (Å²) in [6.45, 7) is 4.30. The number of methoxy groups -OCH3 is 1. The Morgan fingerprint density at radius 1 is 1.06 bits per heavy atom. The summed E-state index contributed by atoms with van der Waals surface area (Å²) < 4.78 is 31.2. The first-order chi connectivity index (χ1) is 16.1. The lowest BCUT2D eigenvalue weighted by atomic mass is 10.1. The Balaban J connectivity index is 2.17. The molecule has 0 aliphatic carbocycles. The first-order valence-electron chi connectivity index (χ1n) is 11.3. The summed E-state index contributed by atoms with van der Waals surface area (Å²) in [5.74, 6) is 0.206. The van der Waals surface area contributed by atoms with Gasteiger partial charge in [-0.1, -0.05) is 36.8 Å². The number of hydrogen-bond donors (Lipinski definition) is 1. The minimum absolute atomic E-state index is 0.113. The van der Waals surface area contributed by atoms with Crippen LogP contribution in [0.5, 0.6) is 5.75 Å². The zero-order chi connectivity index (χ0) is 25.3. The van der Waals surface area contributed by atoms with E-state index in [1.165, 1.54) is 4.31 Å². The van der Waals surface area contributed by atoms with Crippen LogP contribution < -0.4 is 14.4 Å². The molecule has 0 aliphatic rings. The van der Waals surface area contributed by atoms with Crippen LogP contribution in [0, 0.1) is 6.92 Å². The second-order valence-electron chi connectivity index (χ2n) is 8.18. The first kappa shape index (κ1) is 27.2. The normalized spacial score (nSPS) is 12.0. The molecule has 9 heteroatoms. The zero-order valence-corrected chi connectivity index (χ0v) is 21.4. The van der Waals surface area contributed by atoms with E-state index < -0.39 is 16.1 Å². The van der Waals surface area contributed by atoms with Gasteiger partial charge in [-0.25, -0.2) is 8.42 Å². The van der Waals surface area contributed by atoms with Crippen LogP contribution in [0.4, 0.5) is 5.69 Å². The van der Waals surface area contributed by atoms with Gasteiger partial charge in [-0.3, -0.25) is 13.9 Å². The summed E-state index contributed by atoms with van der Waals surface area (Å²) in [4.78, 5) is 27.3. The molecule has 0 aliphatic heterocycles. The number of nitrogens with zero attached hydrogens (tertiary/aromatic N) is 2. The number of amides is 2. The van der Waals surface area contributed by atoms with Crippen molar-refractivity contribution in [2.75, 3.05) is 31.3 Å². The molecule has 2 aromatic rings. The van der Waals surface area contributed by atoms with Gasteiger partial charge < -0.3 is 15.0 Å². The van der Waals surface area contributed by atoms with Gasteiger partial charge in [0.1, 0.15) is 11.8 Å². The van der Waals surface area contributed by atoms with Crippen LogP contribution in [0.2, 0.25) is 0 Å². The third kappa shape index (κ3) is 7.48. The molecular formula is C25H35N3O5S. The largest absolute Gasteiger partial charge is 0.497 e. The van der Waals surface area contributed by atoms with Gasteiger partial charge in [0.2, 0.25) is 21.8 Å². The van der Waals surface area contributed by atoms with E-state index in [0.29, 0.717) is 30.8 Å². The average Bonchev–Trinajstić information content (AvgIpc) is 2.82. The summed E-state index contributed by atoms with van der Waals surface area (Å²) in [5.41, 5.74) is 2.54. The van der Waals surface area contributed by atoms with Crippen molar-refractivity contribution < 1.29 is 22.7 Å². The second-order valence-corrected chi connectivity index (χ2v) is 10.1. The maximum atomic E-state index is 13.2. The van der Waals surface area contributed by atoms with Gasteiger partial charge in [0, 0.05) is 26.6 Å². The number of sulfonamides is 1. The van der Waals surface area contributed by atoms with Crippen LogP contribution >= 0.6 is 0 Å². The van der Waals surface area contributed by atoms with Crippen molar-refractivity contribution >= 4 is 27.5 Å². The number of ether oxygens (including phenoxy) is 1. The number of anilines is 1. The first-order valence-corrected chi connectivity index (χ1v) is 13.1. The van der Waals surface area contributed by atoms with E-state index >= 15 is 0 Å². The quantitative estimate of drug-likeness (QED) is 0.494. The summed E-state index contributed by atoms with van der Waals surface area (Å²) in [6.07, 6.45) is 2.04. The molecule has 0 aromatic heterocycles. The maximum absolute atomic E-state index is 13.2. The monoisotopic (exact) mass is 489 g/mol. The van der Waals surface area contributed by atoms with Crippen LogP contribution in [0.15, 0.2) is 48.5 Å². The molecule has 0 unspecified atom stereocenters. The Kier molecular flexibility index (Phi) is 9.92. The molecular weight excluding hydrogens is 454 g/mol. The summed E-state index contributed by atoms with van der Waals surface area (Å²) in [6, 6.07) is 14.0. The van der Waals surface area contributed by atoms with Gasteiger partial charge in [0.15, 0.2) is 0 Å². The smallest absolute Gasteiger partial charge is 0.242 e. The molecule has 0 heterocycles. The summed E-state index contributed by atoms with van der Waals surface area (Å²) >= 11 is 0. The molecule has 0 spiro atoms. The van der Waals surface area contributed by atoms with Crippen LogP contribution in [0.1, 0.15) is 37.3 Å². The predicted octanol–water partition coefficient (Wildman–Crippen LogP) is 3.10. The maximum Gasteiger partial charge on any atom is 0.242 e. The Morgan fingerprint density at radius 2 is 1.68 bits per heavy atom. The van der Waals surface area contributed by atoms with Crippen LogP contribution in [0.3, 0.4) is 0 Å². The molecule has 1 atom stereocenters. The predicted molar refractivity (Wildman–Crippen MR) is 134 cm³/mol. The van der Waals surface area contributed by atoms with Gasteiger partial charge in [0.05, 0.1) is 19.1 Å². The minimum atomic E-state index is -3.54. The van der Waals surface area contributed by atoms with Crippen LogP contribution in [-0.4, -0.2) is 58.1 Å². The highest BCUT2D eigenvalue weighted by atomic mass is 32.2. The molecule has 34 heavy (non-hydrogen) atoms.